The van der Waals surface area contributed by atoms with E-state index in [0.29, 0.717) is 13.1 Å². The normalized spacial score (nSPS) is 15.7. The van der Waals surface area contributed by atoms with Crippen LogP contribution in [0, 0.1) is 10.1 Å². The van der Waals surface area contributed by atoms with E-state index >= 15 is 0 Å². The fourth-order valence-electron chi connectivity index (χ4n) is 1.67. The molecule has 1 aromatic carbocycles. The number of hydrogen-bond acceptors (Lipinski definition) is 4. The molecule has 94 valence electrons. The van der Waals surface area contributed by atoms with Gasteiger partial charge in [-0.1, -0.05) is 0 Å². The Morgan fingerprint density at radius 2 is 2.00 bits per heavy atom. The van der Waals surface area contributed by atoms with Gasteiger partial charge >= 0.3 is 0 Å². The molecule has 1 aliphatic heterocycles. The van der Waals surface area contributed by atoms with Crippen molar-refractivity contribution in [2.75, 3.05) is 13.1 Å². The molecule has 2 N–H and O–H groups in total. The molecule has 1 aliphatic rings. The van der Waals surface area contributed by atoms with E-state index in [1.165, 1.54) is 18.2 Å². The van der Waals surface area contributed by atoms with Crippen molar-refractivity contribution in [2.24, 2.45) is 5.73 Å². The van der Waals surface area contributed by atoms with Gasteiger partial charge in [0.05, 0.1) is 4.92 Å². The second-order valence-electron chi connectivity index (χ2n) is 4.19. The average molecular weight is 247 g/mol. The Bertz CT molecular complexity index is 490. The highest BCUT2D eigenvalue weighted by Crippen LogP contribution is 2.13. The highest BCUT2D eigenvalue weighted by atomic mass is 16.6. The molecule has 0 aliphatic carbocycles. The number of hydrogen-bond donors (Lipinski definition) is 1. The van der Waals surface area contributed by atoms with Crippen LogP contribution in [0.2, 0.25) is 0 Å². The van der Waals surface area contributed by atoms with Crippen molar-refractivity contribution in [3.63, 3.8) is 0 Å². The predicted octanol–water partition coefficient (Wildman–Crippen LogP) is 0.777. The molecule has 18 heavy (non-hydrogen) atoms. The molecule has 1 heterocycles. The van der Waals surface area contributed by atoms with E-state index in [0.717, 1.165) is 5.56 Å². The number of nitrogens with zero attached hydrogens (tertiary/aromatic N) is 2. The molecule has 0 atom stereocenters. The fraction of sp³-hybridized carbons (Fsp3) is 0.250. The minimum absolute atomic E-state index is 0.0344. The highest BCUT2D eigenvalue weighted by molar-refractivity contribution is 5.92. The number of likely N-dealkylation sites (tertiary alicyclic amines) is 1. The topological polar surface area (TPSA) is 89.5 Å². The van der Waals surface area contributed by atoms with Crippen LogP contribution in [-0.4, -0.2) is 34.9 Å². The number of carbonyl (C=O) groups is 1. The summed E-state index contributed by atoms with van der Waals surface area (Å²) in [6.45, 7) is 1.17. The van der Waals surface area contributed by atoms with Gasteiger partial charge in [-0.3, -0.25) is 14.9 Å². The third-order valence-electron chi connectivity index (χ3n) is 2.74. The van der Waals surface area contributed by atoms with Crippen molar-refractivity contribution in [1.29, 1.82) is 0 Å². The summed E-state index contributed by atoms with van der Waals surface area (Å²) in [6.07, 6.45) is 3.09. The Kier molecular flexibility index (Phi) is 3.38. The maximum Gasteiger partial charge on any atom is 0.269 e. The Balaban J connectivity index is 1.96. The van der Waals surface area contributed by atoms with Crippen LogP contribution in [0.15, 0.2) is 30.3 Å². The van der Waals surface area contributed by atoms with Crippen LogP contribution in [0.5, 0.6) is 0 Å². The summed E-state index contributed by atoms with van der Waals surface area (Å²) in [4.78, 5) is 23.2. The minimum Gasteiger partial charge on any atom is -0.336 e. The van der Waals surface area contributed by atoms with E-state index in [1.807, 2.05) is 0 Å². The molecule has 0 bridgehead atoms. The number of nitrogens with two attached hydrogens (primary N) is 1. The second kappa shape index (κ2) is 4.97. The first-order valence-corrected chi connectivity index (χ1v) is 5.53. The molecule has 0 unspecified atom stereocenters. The Morgan fingerprint density at radius 3 is 2.50 bits per heavy atom. The predicted molar refractivity (Wildman–Crippen MR) is 66.7 cm³/mol. The Morgan fingerprint density at radius 1 is 1.39 bits per heavy atom. The van der Waals surface area contributed by atoms with E-state index in [4.69, 9.17) is 5.73 Å². The number of carbonyl (C=O) groups excluding carboxylic acids is 1. The molecule has 1 aromatic rings. The van der Waals surface area contributed by atoms with Crippen molar-refractivity contribution in [3.05, 3.63) is 46.0 Å². The van der Waals surface area contributed by atoms with Crippen molar-refractivity contribution >= 4 is 17.7 Å². The molecule has 0 saturated carbocycles. The standard InChI is InChI=1S/C12H13N3O3/c13-10-7-14(8-10)12(16)6-3-9-1-4-11(5-2-9)15(17)18/h1-6,10H,7-8,13H2. The third kappa shape index (κ3) is 2.72. The van der Waals surface area contributed by atoms with E-state index in [9.17, 15) is 14.9 Å². The summed E-state index contributed by atoms with van der Waals surface area (Å²) in [6, 6.07) is 6.10. The maximum absolute atomic E-state index is 11.6. The molecule has 0 radical (unpaired) electrons. The van der Waals surface area contributed by atoms with Crippen LogP contribution < -0.4 is 5.73 Å². The minimum atomic E-state index is -0.458. The van der Waals surface area contributed by atoms with Gasteiger partial charge < -0.3 is 10.6 Å². The van der Waals surface area contributed by atoms with Crippen molar-refractivity contribution < 1.29 is 9.72 Å². The molecular weight excluding hydrogens is 234 g/mol. The maximum atomic E-state index is 11.6. The zero-order chi connectivity index (χ0) is 13.1. The second-order valence-corrected chi connectivity index (χ2v) is 4.19. The SMILES string of the molecule is NC1CN(C(=O)C=Cc2ccc([N+](=O)[O-])cc2)C1. The largest absolute Gasteiger partial charge is 0.336 e. The molecule has 6 nitrogen and oxygen atoms in total. The number of nitro benzene ring substituents is 1. The number of benzene rings is 1. The van der Waals surface area contributed by atoms with Gasteiger partial charge in [0.15, 0.2) is 0 Å². The zero-order valence-electron chi connectivity index (χ0n) is 9.65. The van der Waals surface area contributed by atoms with Crippen LogP contribution in [0.25, 0.3) is 6.08 Å². The first-order chi connectivity index (χ1) is 8.56. The molecule has 2 rings (SSSR count). The lowest BCUT2D eigenvalue weighted by molar-refractivity contribution is -0.384. The summed E-state index contributed by atoms with van der Waals surface area (Å²) in [5.74, 6) is -0.0879. The lowest BCUT2D eigenvalue weighted by Crippen LogP contribution is -2.57. The molecule has 0 spiro atoms. The Hall–Kier alpha value is -2.21. The molecule has 0 aromatic heterocycles. The summed E-state index contributed by atoms with van der Waals surface area (Å²) < 4.78 is 0. The number of nitro groups is 1. The lowest BCUT2D eigenvalue weighted by Gasteiger charge is -2.36. The fourth-order valence-corrected chi connectivity index (χ4v) is 1.67. The van der Waals surface area contributed by atoms with Gasteiger partial charge in [0.25, 0.3) is 5.69 Å². The van der Waals surface area contributed by atoms with Crippen LogP contribution >= 0.6 is 0 Å². The molecule has 1 amide bonds. The smallest absolute Gasteiger partial charge is 0.269 e. The zero-order valence-corrected chi connectivity index (χ0v) is 9.65. The van der Waals surface area contributed by atoms with Crippen molar-refractivity contribution in [2.45, 2.75) is 6.04 Å². The summed E-state index contributed by atoms with van der Waals surface area (Å²) in [7, 11) is 0. The first kappa shape index (κ1) is 12.3. The van der Waals surface area contributed by atoms with Crippen LogP contribution in [0.3, 0.4) is 0 Å². The Labute approximate surface area is 104 Å². The van der Waals surface area contributed by atoms with E-state index in [1.54, 1.807) is 23.1 Å². The first-order valence-electron chi connectivity index (χ1n) is 5.53. The van der Waals surface area contributed by atoms with Gasteiger partial charge in [0.1, 0.15) is 0 Å². The van der Waals surface area contributed by atoms with Crippen LogP contribution in [0.4, 0.5) is 5.69 Å². The summed E-state index contributed by atoms with van der Waals surface area (Å²) in [5, 5.41) is 10.5. The number of rotatable bonds is 3. The monoisotopic (exact) mass is 247 g/mol. The number of amides is 1. The van der Waals surface area contributed by atoms with Gasteiger partial charge in [-0.15, -0.1) is 0 Å². The van der Waals surface area contributed by atoms with Gasteiger partial charge in [0.2, 0.25) is 5.91 Å². The van der Waals surface area contributed by atoms with Gasteiger partial charge in [-0.2, -0.15) is 0 Å². The van der Waals surface area contributed by atoms with Crippen LogP contribution in [0.1, 0.15) is 5.56 Å². The third-order valence-corrected chi connectivity index (χ3v) is 2.74. The van der Waals surface area contributed by atoms with E-state index in [-0.39, 0.29) is 17.6 Å². The quantitative estimate of drug-likeness (QED) is 0.485. The lowest BCUT2D eigenvalue weighted by atomic mass is 10.1. The van der Waals surface area contributed by atoms with Crippen molar-refractivity contribution in [3.8, 4) is 0 Å². The average Bonchev–Trinajstić information content (AvgIpc) is 2.32. The molecule has 6 heteroatoms. The summed E-state index contributed by atoms with van der Waals surface area (Å²) in [5.41, 5.74) is 6.36. The van der Waals surface area contributed by atoms with Gasteiger partial charge in [0, 0.05) is 37.3 Å². The van der Waals surface area contributed by atoms with Gasteiger partial charge in [-0.05, 0) is 23.8 Å². The van der Waals surface area contributed by atoms with Crippen molar-refractivity contribution in [1.82, 2.24) is 4.90 Å². The summed E-state index contributed by atoms with van der Waals surface area (Å²) >= 11 is 0. The van der Waals surface area contributed by atoms with E-state index in [2.05, 4.69) is 0 Å². The van der Waals surface area contributed by atoms with Gasteiger partial charge in [-0.25, -0.2) is 0 Å². The molecule has 1 saturated heterocycles. The van der Waals surface area contributed by atoms with E-state index < -0.39 is 4.92 Å². The molecular formula is C12H13N3O3. The highest BCUT2D eigenvalue weighted by Gasteiger charge is 2.25. The number of non-ortho nitro benzene ring substituents is 1. The molecule has 1 fully saturated rings. The van der Waals surface area contributed by atoms with Crippen LogP contribution in [-0.2, 0) is 4.79 Å².